The summed E-state index contributed by atoms with van der Waals surface area (Å²) in [5, 5.41) is 28.2. The average molecular weight is 183 g/mol. The maximum Gasteiger partial charge on any atom is 0.0867 e. The van der Waals surface area contributed by atoms with Gasteiger partial charge in [0.2, 0.25) is 0 Å². The smallest absolute Gasteiger partial charge is 0.0867 e. The highest BCUT2D eigenvalue weighted by Gasteiger charge is 2.01. The predicted octanol–water partition coefficient (Wildman–Crippen LogP) is -0.154. The summed E-state index contributed by atoms with van der Waals surface area (Å²) in [6.45, 7) is 0.453. The Labute approximate surface area is 75.6 Å². The van der Waals surface area contributed by atoms with Crippen molar-refractivity contribution in [1.29, 1.82) is 0 Å². The van der Waals surface area contributed by atoms with Gasteiger partial charge in [-0.15, -0.1) is 5.23 Å². The Morgan fingerprint density at radius 3 is 2.62 bits per heavy atom. The third-order valence-corrected chi connectivity index (χ3v) is 1.67. The van der Waals surface area contributed by atoms with Crippen LogP contribution in [-0.2, 0) is 6.42 Å². The van der Waals surface area contributed by atoms with E-state index in [-0.39, 0.29) is 10.9 Å². The molecular weight excluding hydrogens is 172 g/mol. The van der Waals surface area contributed by atoms with Gasteiger partial charge in [0.25, 0.3) is 0 Å². The van der Waals surface area contributed by atoms with Crippen LogP contribution in [0.25, 0.3) is 0 Å². The first-order chi connectivity index (χ1) is 6.15. The molecule has 1 aromatic carbocycles. The number of nitrogens with two attached hydrogens (primary N) is 1. The van der Waals surface area contributed by atoms with Crippen LogP contribution in [-0.4, -0.2) is 17.0 Å². The van der Waals surface area contributed by atoms with Crippen LogP contribution < -0.4 is 16.1 Å². The molecule has 5 nitrogen and oxygen atoms in total. The van der Waals surface area contributed by atoms with Gasteiger partial charge in [0.15, 0.2) is 0 Å². The predicted molar refractivity (Wildman–Crippen MR) is 44.7 cm³/mol. The van der Waals surface area contributed by atoms with E-state index in [9.17, 15) is 5.11 Å². The standard InChI is InChI=1S/C8H12N2O3/c9-4-3-6-1-2-8(11)7(5-6)10(12)13/h1-2,5,11-13H,3-4,9H2/p-1. The lowest BCUT2D eigenvalue weighted by Gasteiger charge is -2.17. The molecule has 0 amide bonds. The van der Waals surface area contributed by atoms with Gasteiger partial charge in [-0.1, -0.05) is 17.9 Å². The lowest BCUT2D eigenvalue weighted by atomic mass is 10.1. The van der Waals surface area contributed by atoms with Crippen molar-refractivity contribution >= 4 is 5.69 Å². The molecule has 13 heavy (non-hydrogen) atoms. The first-order valence-electron chi connectivity index (χ1n) is 3.83. The van der Waals surface area contributed by atoms with E-state index in [2.05, 4.69) is 0 Å². The largest absolute Gasteiger partial charge is 0.871 e. The molecule has 0 atom stereocenters. The van der Waals surface area contributed by atoms with Crippen LogP contribution in [0.1, 0.15) is 5.56 Å². The Morgan fingerprint density at radius 2 is 2.08 bits per heavy atom. The maximum absolute atomic E-state index is 11.0. The van der Waals surface area contributed by atoms with Gasteiger partial charge in [-0.05, 0) is 24.6 Å². The Morgan fingerprint density at radius 1 is 1.38 bits per heavy atom. The lowest BCUT2D eigenvalue weighted by molar-refractivity contribution is -0.268. The van der Waals surface area contributed by atoms with Gasteiger partial charge < -0.3 is 10.8 Å². The molecule has 0 aromatic heterocycles. The van der Waals surface area contributed by atoms with Crippen molar-refractivity contribution in [3.05, 3.63) is 23.8 Å². The topological polar surface area (TPSA) is 92.8 Å². The van der Waals surface area contributed by atoms with Gasteiger partial charge in [-0.3, -0.25) is 10.4 Å². The minimum absolute atomic E-state index is 0.161. The Bertz CT molecular complexity index is 289. The highest BCUT2D eigenvalue weighted by Crippen LogP contribution is 2.23. The molecular formula is C8H11N2O3-. The van der Waals surface area contributed by atoms with Gasteiger partial charge in [0.05, 0.1) is 5.69 Å². The molecule has 0 fully saturated rings. The number of hydrogen-bond donors (Lipinski definition) is 3. The fourth-order valence-corrected chi connectivity index (χ4v) is 1.04. The highest BCUT2D eigenvalue weighted by molar-refractivity contribution is 5.55. The number of anilines is 1. The first-order valence-corrected chi connectivity index (χ1v) is 3.83. The molecule has 0 spiro atoms. The van der Waals surface area contributed by atoms with E-state index in [1.54, 1.807) is 6.07 Å². The normalized spacial score (nSPS) is 10.1. The van der Waals surface area contributed by atoms with Gasteiger partial charge in [0, 0.05) is 0 Å². The van der Waals surface area contributed by atoms with Gasteiger partial charge in [-0.25, -0.2) is 0 Å². The summed E-state index contributed by atoms with van der Waals surface area (Å²) in [5.41, 5.74) is 5.94. The second-order valence-electron chi connectivity index (χ2n) is 2.63. The molecule has 0 saturated carbocycles. The number of rotatable bonds is 3. The summed E-state index contributed by atoms with van der Waals surface area (Å²) < 4.78 is 0. The molecule has 0 heterocycles. The molecule has 0 unspecified atom stereocenters. The second-order valence-corrected chi connectivity index (χ2v) is 2.63. The molecule has 0 bridgehead atoms. The third-order valence-electron chi connectivity index (χ3n) is 1.67. The molecule has 5 heteroatoms. The van der Waals surface area contributed by atoms with E-state index in [1.807, 2.05) is 0 Å². The number of nitrogens with zero attached hydrogens (tertiary/aromatic N) is 1. The molecule has 0 saturated heterocycles. The van der Waals surface area contributed by atoms with Gasteiger partial charge >= 0.3 is 0 Å². The van der Waals surface area contributed by atoms with E-state index in [0.29, 0.717) is 13.0 Å². The summed E-state index contributed by atoms with van der Waals surface area (Å²) in [6, 6.07) is 4.29. The fourth-order valence-electron chi connectivity index (χ4n) is 1.04. The van der Waals surface area contributed by atoms with Crippen LogP contribution in [0, 0.1) is 0 Å². The molecule has 0 aliphatic carbocycles. The van der Waals surface area contributed by atoms with Crippen LogP contribution >= 0.6 is 0 Å². The molecule has 0 aliphatic heterocycles. The molecule has 1 rings (SSSR count). The summed E-state index contributed by atoms with van der Waals surface area (Å²) >= 11 is 0. The molecule has 1 aromatic rings. The van der Waals surface area contributed by atoms with Crippen molar-refractivity contribution in [2.45, 2.75) is 6.42 Å². The van der Waals surface area contributed by atoms with Crippen LogP contribution in [0.5, 0.6) is 5.75 Å². The summed E-state index contributed by atoms with van der Waals surface area (Å²) in [6.07, 6.45) is 0.598. The Balaban J connectivity index is 2.97. The third kappa shape index (κ3) is 2.32. The van der Waals surface area contributed by atoms with Gasteiger partial charge in [-0.2, -0.15) is 0 Å². The zero-order chi connectivity index (χ0) is 9.84. The zero-order valence-electron chi connectivity index (χ0n) is 6.97. The Kier molecular flexibility index (Phi) is 3.07. The van der Waals surface area contributed by atoms with Crippen molar-refractivity contribution < 1.29 is 15.5 Å². The zero-order valence-corrected chi connectivity index (χ0v) is 6.97. The maximum atomic E-state index is 11.0. The summed E-state index contributed by atoms with van der Waals surface area (Å²) in [4.78, 5) is 0. The van der Waals surface area contributed by atoms with Crippen molar-refractivity contribution in [3.63, 3.8) is 0 Å². The van der Waals surface area contributed by atoms with E-state index in [4.69, 9.17) is 16.1 Å². The minimum atomic E-state index is -0.439. The monoisotopic (exact) mass is 183 g/mol. The van der Waals surface area contributed by atoms with Crippen LogP contribution in [0.2, 0.25) is 0 Å². The summed E-state index contributed by atoms with van der Waals surface area (Å²) in [5.74, 6) is -0.439. The fraction of sp³-hybridized carbons (Fsp3) is 0.250. The van der Waals surface area contributed by atoms with Crippen molar-refractivity contribution in [2.75, 3.05) is 11.8 Å². The van der Waals surface area contributed by atoms with Gasteiger partial charge in [0.1, 0.15) is 0 Å². The first kappa shape index (κ1) is 9.79. The average Bonchev–Trinajstić information content (AvgIpc) is 2.08. The van der Waals surface area contributed by atoms with Crippen LogP contribution in [0.4, 0.5) is 5.69 Å². The lowest BCUT2D eigenvalue weighted by Crippen LogP contribution is -2.14. The summed E-state index contributed by atoms with van der Waals surface area (Å²) in [7, 11) is 0. The SMILES string of the molecule is NCCc1ccc([O-])c(N(O)O)c1. The molecule has 72 valence electrons. The minimum Gasteiger partial charge on any atom is -0.871 e. The highest BCUT2D eigenvalue weighted by atomic mass is 16.8. The van der Waals surface area contributed by atoms with Crippen LogP contribution in [0.15, 0.2) is 18.2 Å². The van der Waals surface area contributed by atoms with E-state index in [1.165, 1.54) is 12.1 Å². The molecule has 0 aliphatic rings. The Hall–Kier alpha value is -1.30. The van der Waals surface area contributed by atoms with E-state index < -0.39 is 5.75 Å². The second kappa shape index (κ2) is 4.08. The molecule has 4 N–H and O–H groups in total. The van der Waals surface area contributed by atoms with Crippen molar-refractivity contribution in [3.8, 4) is 5.75 Å². The van der Waals surface area contributed by atoms with Crippen molar-refractivity contribution in [1.82, 2.24) is 0 Å². The molecule has 0 radical (unpaired) electrons. The van der Waals surface area contributed by atoms with Crippen LogP contribution in [0.3, 0.4) is 0 Å². The van der Waals surface area contributed by atoms with E-state index >= 15 is 0 Å². The van der Waals surface area contributed by atoms with E-state index in [0.717, 1.165) is 5.56 Å². The quantitative estimate of drug-likeness (QED) is 0.566. The number of hydrogen-bond acceptors (Lipinski definition) is 5. The van der Waals surface area contributed by atoms with Crippen molar-refractivity contribution in [2.24, 2.45) is 5.73 Å². The number of benzene rings is 1.